The molecule has 0 saturated carbocycles. The van der Waals surface area contributed by atoms with E-state index in [1.807, 2.05) is 7.05 Å². The van der Waals surface area contributed by atoms with Gasteiger partial charge < -0.3 is 10.2 Å². The maximum Gasteiger partial charge on any atom is 0.125 e. The van der Waals surface area contributed by atoms with E-state index in [0.29, 0.717) is 11.1 Å². The van der Waals surface area contributed by atoms with Crippen molar-refractivity contribution in [3.8, 4) is 0 Å². The Balaban J connectivity index is 2.10. The Morgan fingerprint density at radius 2 is 2.06 bits per heavy atom. The van der Waals surface area contributed by atoms with Crippen molar-refractivity contribution in [2.45, 2.75) is 18.9 Å². The number of benzene rings is 1. The van der Waals surface area contributed by atoms with Crippen molar-refractivity contribution < 1.29 is 4.39 Å². The quantitative estimate of drug-likeness (QED) is 0.858. The molecule has 1 aliphatic rings. The molecule has 1 aromatic rings. The van der Waals surface area contributed by atoms with Crippen LogP contribution in [0.25, 0.3) is 0 Å². The van der Waals surface area contributed by atoms with Crippen molar-refractivity contribution in [3.05, 3.63) is 29.0 Å². The maximum absolute atomic E-state index is 13.1. The van der Waals surface area contributed by atoms with Crippen molar-refractivity contribution >= 4 is 17.3 Å². The predicted octanol–water partition coefficient (Wildman–Crippen LogP) is 2.67. The minimum atomic E-state index is -0.227. The molecule has 1 saturated heterocycles. The van der Waals surface area contributed by atoms with E-state index in [1.54, 1.807) is 6.07 Å². The second-order valence-corrected chi connectivity index (χ2v) is 4.55. The molecule has 16 heavy (non-hydrogen) atoms. The Kier molecular flexibility index (Phi) is 3.66. The van der Waals surface area contributed by atoms with Gasteiger partial charge >= 0.3 is 0 Å². The topological polar surface area (TPSA) is 15.3 Å². The first-order valence-electron chi connectivity index (χ1n) is 5.58. The van der Waals surface area contributed by atoms with E-state index in [-0.39, 0.29) is 5.82 Å². The minimum absolute atomic E-state index is 0.227. The highest BCUT2D eigenvalue weighted by atomic mass is 35.5. The third kappa shape index (κ3) is 2.47. The van der Waals surface area contributed by atoms with Crippen LogP contribution >= 0.6 is 11.6 Å². The van der Waals surface area contributed by atoms with Gasteiger partial charge in [0, 0.05) is 19.1 Å². The molecule has 0 radical (unpaired) electrons. The summed E-state index contributed by atoms with van der Waals surface area (Å²) in [6.07, 6.45) is 2.15. The number of hydrogen-bond donors (Lipinski definition) is 1. The SMILES string of the molecule is CNC1CCN(c2cc(F)ccc2Cl)CC1. The largest absolute Gasteiger partial charge is 0.370 e. The Morgan fingerprint density at radius 1 is 1.38 bits per heavy atom. The monoisotopic (exact) mass is 242 g/mol. The summed E-state index contributed by atoms with van der Waals surface area (Å²) in [5.41, 5.74) is 0.816. The van der Waals surface area contributed by atoms with Crippen molar-refractivity contribution in [2.24, 2.45) is 0 Å². The molecule has 2 nitrogen and oxygen atoms in total. The molecule has 4 heteroatoms. The molecule has 0 unspecified atom stereocenters. The number of nitrogens with one attached hydrogen (secondary N) is 1. The number of hydrogen-bond acceptors (Lipinski definition) is 2. The molecule has 0 bridgehead atoms. The second kappa shape index (κ2) is 5.02. The van der Waals surface area contributed by atoms with Gasteiger partial charge in [-0.2, -0.15) is 0 Å². The molecule has 0 aromatic heterocycles. The third-order valence-corrected chi connectivity index (χ3v) is 3.47. The first kappa shape index (κ1) is 11.7. The number of rotatable bonds is 2. The highest BCUT2D eigenvalue weighted by Crippen LogP contribution is 2.28. The van der Waals surface area contributed by atoms with E-state index in [4.69, 9.17) is 11.6 Å². The van der Waals surface area contributed by atoms with Gasteiger partial charge in [0.1, 0.15) is 5.82 Å². The van der Waals surface area contributed by atoms with Crippen LogP contribution < -0.4 is 10.2 Å². The summed E-state index contributed by atoms with van der Waals surface area (Å²) in [5.74, 6) is -0.227. The predicted molar refractivity (Wildman–Crippen MR) is 65.7 cm³/mol. The van der Waals surface area contributed by atoms with Crippen LogP contribution in [0.4, 0.5) is 10.1 Å². The van der Waals surface area contributed by atoms with Crippen molar-refractivity contribution in [2.75, 3.05) is 25.0 Å². The lowest BCUT2D eigenvalue weighted by atomic mass is 10.0. The lowest BCUT2D eigenvalue weighted by molar-refractivity contribution is 0.442. The Hall–Kier alpha value is -0.800. The molecule has 2 rings (SSSR count). The van der Waals surface area contributed by atoms with Gasteiger partial charge in [-0.1, -0.05) is 11.6 Å². The van der Waals surface area contributed by atoms with E-state index in [9.17, 15) is 4.39 Å². The van der Waals surface area contributed by atoms with Gasteiger partial charge in [-0.25, -0.2) is 4.39 Å². The van der Waals surface area contributed by atoms with Crippen molar-refractivity contribution in [1.29, 1.82) is 0 Å². The molecular weight excluding hydrogens is 227 g/mol. The van der Waals surface area contributed by atoms with Gasteiger partial charge in [0.2, 0.25) is 0 Å². The average Bonchev–Trinajstić information content (AvgIpc) is 2.32. The Labute approximate surface area is 100 Å². The zero-order chi connectivity index (χ0) is 11.5. The summed E-state index contributed by atoms with van der Waals surface area (Å²) in [6.45, 7) is 1.85. The van der Waals surface area contributed by atoms with Gasteiger partial charge in [-0.15, -0.1) is 0 Å². The molecule has 1 aliphatic heterocycles. The van der Waals surface area contributed by atoms with Gasteiger partial charge in [-0.3, -0.25) is 0 Å². The number of nitrogens with zero attached hydrogens (tertiary/aromatic N) is 1. The summed E-state index contributed by atoms with van der Waals surface area (Å²) in [4.78, 5) is 2.15. The van der Waals surface area contributed by atoms with Crippen LogP contribution in [-0.2, 0) is 0 Å². The summed E-state index contributed by atoms with van der Waals surface area (Å²) in [6, 6.07) is 5.11. The van der Waals surface area contributed by atoms with Crippen molar-refractivity contribution in [1.82, 2.24) is 5.32 Å². The number of halogens is 2. The molecule has 0 spiro atoms. The van der Waals surface area contributed by atoms with E-state index < -0.39 is 0 Å². The normalized spacial score (nSPS) is 17.8. The first-order valence-corrected chi connectivity index (χ1v) is 5.96. The zero-order valence-corrected chi connectivity index (χ0v) is 10.1. The summed E-state index contributed by atoms with van der Waals surface area (Å²) >= 11 is 6.08. The molecule has 0 atom stereocenters. The molecule has 1 fully saturated rings. The van der Waals surface area contributed by atoms with Crippen LogP contribution in [0.15, 0.2) is 18.2 Å². The fraction of sp³-hybridized carbons (Fsp3) is 0.500. The van der Waals surface area contributed by atoms with E-state index in [0.717, 1.165) is 31.6 Å². The van der Waals surface area contributed by atoms with E-state index >= 15 is 0 Å². The molecule has 88 valence electrons. The van der Waals surface area contributed by atoms with Gasteiger partial charge in [0.15, 0.2) is 0 Å². The van der Waals surface area contributed by atoms with Crippen LogP contribution in [0.5, 0.6) is 0 Å². The van der Waals surface area contributed by atoms with Crippen LogP contribution in [0, 0.1) is 5.82 Å². The molecule has 1 heterocycles. The van der Waals surface area contributed by atoms with E-state index in [2.05, 4.69) is 10.2 Å². The first-order chi connectivity index (χ1) is 7.70. The lowest BCUT2D eigenvalue weighted by Crippen LogP contribution is -2.41. The van der Waals surface area contributed by atoms with Crippen LogP contribution in [-0.4, -0.2) is 26.2 Å². The maximum atomic E-state index is 13.1. The average molecular weight is 243 g/mol. The van der Waals surface area contributed by atoms with Crippen molar-refractivity contribution in [3.63, 3.8) is 0 Å². The highest BCUT2D eigenvalue weighted by molar-refractivity contribution is 6.33. The summed E-state index contributed by atoms with van der Waals surface area (Å²) in [7, 11) is 1.98. The standard InChI is InChI=1S/C12H16ClFN2/c1-15-10-4-6-16(7-5-10)12-8-9(14)2-3-11(12)13/h2-3,8,10,15H,4-7H2,1H3. The minimum Gasteiger partial charge on any atom is -0.370 e. The Morgan fingerprint density at radius 3 is 2.69 bits per heavy atom. The van der Waals surface area contributed by atoms with Crippen LogP contribution in [0.1, 0.15) is 12.8 Å². The molecule has 1 N–H and O–H groups in total. The molecule has 0 aliphatic carbocycles. The zero-order valence-electron chi connectivity index (χ0n) is 9.34. The number of anilines is 1. The fourth-order valence-electron chi connectivity index (χ4n) is 2.14. The Bertz CT molecular complexity index is 362. The third-order valence-electron chi connectivity index (χ3n) is 3.15. The van der Waals surface area contributed by atoms with Crippen LogP contribution in [0.2, 0.25) is 5.02 Å². The van der Waals surface area contributed by atoms with Gasteiger partial charge in [0.05, 0.1) is 10.7 Å². The van der Waals surface area contributed by atoms with E-state index in [1.165, 1.54) is 12.1 Å². The molecule has 0 amide bonds. The van der Waals surface area contributed by atoms with Crippen LogP contribution in [0.3, 0.4) is 0 Å². The smallest absolute Gasteiger partial charge is 0.125 e. The molecular formula is C12H16ClFN2. The van der Waals surface area contributed by atoms with Gasteiger partial charge in [-0.05, 0) is 38.1 Å². The number of piperidine rings is 1. The summed E-state index contributed by atoms with van der Waals surface area (Å²) < 4.78 is 13.1. The lowest BCUT2D eigenvalue weighted by Gasteiger charge is -2.33. The fourth-order valence-corrected chi connectivity index (χ4v) is 2.37. The highest BCUT2D eigenvalue weighted by Gasteiger charge is 2.19. The summed E-state index contributed by atoms with van der Waals surface area (Å²) in [5, 5.41) is 3.90. The molecule has 1 aromatic carbocycles. The second-order valence-electron chi connectivity index (χ2n) is 4.15. The van der Waals surface area contributed by atoms with Gasteiger partial charge in [0.25, 0.3) is 0 Å².